The molecule has 0 atom stereocenters. The number of nitrogens with zero attached hydrogens (tertiary/aromatic N) is 2. The number of nitrogens with one attached hydrogen (secondary N) is 1. The highest BCUT2D eigenvalue weighted by atomic mass is 32.1. The SMILES string of the molecule is CNCc1sc(N2CCCOCC2)nc1-c1ccccc1. The van der Waals surface area contributed by atoms with E-state index in [9.17, 15) is 0 Å². The average molecular weight is 303 g/mol. The van der Waals surface area contributed by atoms with Crippen molar-refractivity contribution in [1.82, 2.24) is 10.3 Å². The number of aromatic nitrogens is 1. The predicted octanol–water partition coefficient (Wildman–Crippen LogP) is 2.76. The minimum atomic E-state index is 0.793. The van der Waals surface area contributed by atoms with Crippen molar-refractivity contribution >= 4 is 16.5 Å². The van der Waals surface area contributed by atoms with Gasteiger partial charge in [-0.1, -0.05) is 41.7 Å². The van der Waals surface area contributed by atoms with Gasteiger partial charge in [-0.25, -0.2) is 4.98 Å². The van der Waals surface area contributed by atoms with Crippen molar-refractivity contribution in [3.8, 4) is 11.3 Å². The highest BCUT2D eigenvalue weighted by Crippen LogP contribution is 2.33. The molecule has 0 radical (unpaired) electrons. The molecular formula is C16H21N3OS. The quantitative estimate of drug-likeness (QED) is 0.942. The molecule has 0 unspecified atom stereocenters. The van der Waals surface area contributed by atoms with Crippen LogP contribution in [0, 0.1) is 0 Å². The first-order chi connectivity index (χ1) is 10.4. The van der Waals surface area contributed by atoms with Crippen molar-refractivity contribution in [2.45, 2.75) is 13.0 Å². The van der Waals surface area contributed by atoms with Crippen LogP contribution in [0.15, 0.2) is 30.3 Å². The molecule has 1 aliphatic heterocycles. The molecule has 4 nitrogen and oxygen atoms in total. The second kappa shape index (κ2) is 7.02. The zero-order valence-corrected chi connectivity index (χ0v) is 13.2. The molecule has 0 saturated carbocycles. The molecule has 112 valence electrons. The molecule has 0 amide bonds. The van der Waals surface area contributed by atoms with E-state index < -0.39 is 0 Å². The molecular weight excluding hydrogens is 282 g/mol. The Morgan fingerprint density at radius 1 is 1.24 bits per heavy atom. The van der Waals surface area contributed by atoms with Crippen molar-refractivity contribution in [3.63, 3.8) is 0 Å². The van der Waals surface area contributed by atoms with E-state index in [1.807, 2.05) is 13.1 Å². The molecule has 1 N–H and O–H groups in total. The van der Waals surface area contributed by atoms with E-state index in [4.69, 9.17) is 9.72 Å². The largest absolute Gasteiger partial charge is 0.380 e. The fraction of sp³-hybridized carbons (Fsp3) is 0.438. The Morgan fingerprint density at radius 2 is 2.10 bits per heavy atom. The molecule has 0 bridgehead atoms. The van der Waals surface area contributed by atoms with Gasteiger partial charge in [0, 0.05) is 36.7 Å². The fourth-order valence-corrected chi connectivity index (χ4v) is 3.66. The first-order valence-corrected chi connectivity index (χ1v) is 8.22. The van der Waals surface area contributed by atoms with Crippen LogP contribution in [0.5, 0.6) is 0 Å². The predicted molar refractivity (Wildman–Crippen MR) is 88.0 cm³/mol. The molecule has 21 heavy (non-hydrogen) atoms. The molecule has 2 aromatic rings. The number of rotatable bonds is 4. The minimum Gasteiger partial charge on any atom is -0.380 e. The summed E-state index contributed by atoms with van der Waals surface area (Å²) in [6.07, 6.45) is 1.07. The number of thiazole rings is 1. The van der Waals surface area contributed by atoms with Crippen molar-refractivity contribution in [2.75, 3.05) is 38.3 Å². The summed E-state index contributed by atoms with van der Waals surface area (Å²) in [5.74, 6) is 0. The number of hydrogen-bond donors (Lipinski definition) is 1. The molecule has 1 aromatic heterocycles. The lowest BCUT2D eigenvalue weighted by molar-refractivity contribution is 0.152. The lowest BCUT2D eigenvalue weighted by Crippen LogP contribution is -2.25. The van der Waals surface area contributed by atoms with Crippen LogP contribution in [0.3, 0.4) is 0 Å². The van der Waals surface area contributed by atoms with Gasteiger partial charge in [-0.2, -0.15) is 0 Å². The second-order valence-electron chi connectivity index (χ2n) is 5.12. The molecule has 2 heterocycles. The van der Waals surface area contributed by atoms with Crippen LogP contribution < -0.4 is 10.2 Å². The number of ether oxygens (including phenoxy) is 1. The highest BCUT2D eigenvalue weighted by molar-refractivity contribution is 7.16. The maximum atomic E-state index is 5.54. The van der Waals surface area contributed by atoms with Gasteiger partial charge in [0.15, 0.2) is 5.13 Å². The summed E-state index contributed by atoms with van der Waals surface area (Å²) in [4.78, 5) is 8.56. The lowest BCUT2D eigenvalue weighted by atomic mass is 10.1. The second-order valence-corrected chi connectivity index (χ2v) is 6.18. The Hall–Kier alpha value is -1.43. The number of benzene rings is 1. The van der Waals surface area contributed by atoms with E-state index in [0.29, 0.717) is 0 Å². The van der Waals surface area contributed by atoms with Crippen LogP contribution in [0.1, 0.15) is 11.3 Å². The normalized spacial score (nSPS) is 16.0. The van der Waals surface area contributed by atoms with Gasteiger partial charge >= 0.3 is 0 Å². The van der Waals surface area contributed by atoms with E-state index in [-0.39, 0.29) is 0 Å². The summed E-state index contributed by atoms with van der Waals surface area (Å²) < 4.78 is 5.54. The van der Waals surface area contributed by atoms with Gasteiger partial charge < -0.3 is 15.0 Å². The summed E-state index contributed by atoms with van der Waals surface area (Å²) in [6.45, 7) is 4.46. The zero-order valence-electron chi connectivity index (χ0n) is 12.3. The smallest absolute Gasteiger partial charge is 0.186 e. The summed E-state index contributed by atoms with van der Waals surface area (Å²) in [7, 11) is 1.98. The van der Waals surface area contributed by atoms with Gasteiger partial charge in [-0.15, -0.1) is 0 Å². The van der Waals surface area contributed by atoms with Crippen LogP contribution in [0.25, 0.3) is 11.3 Å². The van der Waals surface area contributed by atoms with Gasteiger partial charge in [-0.05, 0) is 13.5 Å². The zero-order chi connectivity index (χ0) is 14.5. The maximum Gasteiger partial charge on any atom is 0.186 e. The molecule has 1 aliphatic rings. The van der Waals surface area contributed by atoms with Crippen molar-refractivity contribution in [2.24, 2.45) is 0 Å². The third-order valence-corrected chi connectivity index (χ3v) is 4.68. The van der Waals surface area contributed by atoms with E-state index in [1.165, 1.54) is 10.4 Å². The van der Waals surface area contributed by atoms with E-state index in [1.54, 1.807) is 11.3 Å². The Bertz CT molecular complexity index is 562. The van der Waals surface area contributed by atoms with E-state index in [2.05, 4.69) is 34.5 Å². The fourth-order valence-electron chi connectivity index (χ4n) is 2.51. The lowest BCUT2D eigenvalue weighted by Gasteiger charge is -2.17. The Balaban J connectivity index is 1.92. The molecule has 1 saturated heterocycles. The van der Waals surface area contributed by atoms with Crippen molar-refractivity contribution in [1.29, 1.82) is 0 Å². The van der Waals surface area contributed by atoms with Crippen LogP contribution in [-0.4, -0.2) is 38.3 Å². The van der Waals surface area contributed by atoms with Crippen LogP contribution in [-0.2, 0) is 11.3 Å². The van der Waals surface area contributed by atoms with E-state index in [0.717, 1.165) is 50.1 Å². The summed E-state index contributed by atoms with van der Waals surface area (Å²) in [6, 6.07) is 10.4. The Morgan fingerprint density at radius 3 is 2.90 bits per heavy atom. The van der Waals surface area contributed by atoms with E-state index >= 15 is 0 Å². The molecule has 1 aromatic carbocycles. The minimum absolute atomic E-state index is 0.793. The summed E-state index contributed by atoms with van der Waals surface area (Å²) in [5.41, 5.74) is 2.30. The highest BCUT2D eigenvalue weighted by Gasteiger charge is 2.18. The first kappa shape index (κ1) is 14.5. The van der Waals surface area contributed by atoms with Crippen LogP contribution in [0.2, 0.25) is 0 Å². The standard InChI is InChI=1S/C16H21N3OS/c1-17-12-14-15(13-6-3-2-4-7-13)18-16(21-14)19-8-5-10-20-11-9-19/h2-4,6-7,17H,5,8-12H2,1H3. The summed E-state index contributed by atoms with van der Waals surface area (Å²) >= 11 is 1.79. The number of anilines is 1. The number of hydrogen-bond acceptors (Lipinski definition) is 5. The van der Waals surface area contributed by atoms with Gasteiger partial charge in [-0.3, -0.25) is 0 Å². The molecule has 0 aliphatic carbocycles. The van der Waals surface area contributed by atoms with Crippen LogP contribution >= 0.6 is 11.3 Å². The molecule has 5 heteroatoms. The molecule has 0 spiro atoms. The van der Waals surface area contributed by atoms with Crippen molar-refractivity contribution in [3.05, 3.63) is 35.2 Å². The summed E-state index contributed by atoms with van der Waals surface area (Å²) in [5, 5.41) is 4.37. The van der Waals surface area contributed by atoms with Gasteiger partial charge in [0.05, 0.1) is 12.3 Å². The Labute approximate surface area is 129 Å². The molecule has 1 fully saturated rings. The molecule has 3 rings (SSSR count). The average Bonchev–Trinajstić information content (AvgIpc) is 2.75. The Kier molecular flexibility index (Phi) is 4.85. The third-order valence-electron chi connectivity index (χ3n) is 3.56. The monoisotopic (exact) mass is 303 g/mol. The third kappa shape index (κ3) is 3.43. The van der Waals surface area contributed by atoms with Crippen molar-refractivity contribution < 1.29 is 4.74 Å². The van der Waals surface area contributed by atoms with Crippen LogP contribution in [0.4, 0.5) is 5.13 Å². The topological polar surface area (TPSA) is 37.4 Å². The maximum absolute atomic E-state index is 5.54. The van der Waals surface area contributed by atoms with Gasteiger partial charge in [0.1, 0.15) is 0 Å². The first-order valence-electron chi connectivity index (χ1n) is 7.41. The van der Waals surface area contributed by atoms with Gasteiger partial charge in [0.25, 0.3) is 0 Å². The van der Waals surface area contributed by atoms with Gasteiger partial charge in [0.2, 0.25) is 0 Å².